The molecule has 2 aromatic carbocycles. The molecule has 2 aliphatic heterocycles. The molecule has 16 heteroatoms. The monoisotopic (exact) mass is 773 g/mol. The van der Waals surface area contributed by atoms with Gasteiger partial charge < -0.3 is 24.8 Å². The number of nitrogens with two attached hydrogens (primary N) is 1. The van der Waals surface area contributed by atoms with E-state index in [2.05, 4.69) is 9.97 Å². The number of likely N-dealkylation sites (tertiary alicyclic amines) is 1. The summed E-state index contributed by atoms with van der Waals surface area (Å²) in [7, 11) is -3.65. The van der Waals surface area contributed by atoms with Crippen molar-refractivity contribution in [1.82, 2.24) is 14.9 Å². The summed E-state index contributed by atoms with van der Waals surface area (Å²) >= 11 is 0. The Kier molecular flexibility index (Phi) is 11.6. The van der Waals surface area contributed by atoms with Crippen molar-refractivity contribution in [1.29, 1.82) is 0 Å². The predicted octanol–water partition coefficient (Wildman–Crippen LogP) is 7.00. The molecule has 0 bridgehead atoms. The van der Waals surface area contributed by atoms with Crippen LogP contribution in [0.15, 0.2) is 59.5 Å². The van der Waals surface area contributed by atoms with Gasteiger partial charge in [0.25, 0.3) is 0 Å². The van der Waals surface area contributed by atoms with Crippen LogP contribution in [-0.2, 0) is 24.1 Å². The van der Waals surface area contributed by atoms with Gasteiger partial charge in [-0.1, -0.05) is 36.4 Å². The molecule has 0 radical (unpaired) electrons. The number of nitrogens with zero attached hydrogens (tertiary/aromatic N) is 4. The van der Waals surface area contributed by atoms with E-state index in [4.69, 9.17) is 19.9 Å². The first-order valence-electron chi connectivity index (χ1n) is 17.6. The maximum atomic E-state index is 15.0. The number of hydrogen-bond acceptors (Lipinski definition) is 11. The normalized spacial score (nSPS) is 18.2. The molecule has 12 nitrogen and oxygen atoms in total. The van der Waals surface area contributed by atoms with Crippen molar-refractivity contribution < 1.29 is 45.4 Å². The number of ether oxygens (including phenoxy) is 3. The van der Waals surface area contributed by atoms with Crippen molar-refractivity contribution in [2.24, 2.45) is 5.41 Å². The fourth-order valence-electron chi connectivity index (χ4n) is 6.92. The predicted molar refractivity (Wildman–Crippen MR) is 197 cm³/mol. The zero-order chi connectivity index (χ0) is 39.6. The van der Waals surface area contributed by atoms with E-state index < -0.39 is 57.1 Å². The molecule has 1 amide bonds. The largest absolute Gasteiger partial charge is 0.464 e. The lowest BCUT2D eigenvalue weighted by Gasteiger charge is -2.39. The molecular weight excluding hydrogens is 728 g/mol. The van der Waals surface area contributed by atoms with Crippen LogP contribution in [0.4, 0.5) is 29.7 Å². The fourth-order valence-corrected chi connectivity index (χ4v) is 7.59. The number of sulfone groups is 1. The molecule has 2 aliphatic rings. The SMILES string of the molecule is CC=Cc1ccc(-c2cccc(S(C)(=O)=O)c2)c([C@@H](Oc2cc(N3CCC4(CC3)C[C@@H](C(=O)OCC)N(C(=O)OC(C)(C)C)C4)nc(N)n2)C(F)(F)F)c1. The number of piperidine rings is 1. The Hall–Kier alpha value is -4.86. The highest BCUT2D eigenvalue weighted by Gasteiger charge is 2.51. The van der Waals surface area contributed by atoms with Crippen LogP contribution in [0.2, 0.25) is 0 Å². The third-order valence-electron chi connectivity index (χ3n) is 9.38. The average Bonchev–Trinajstić information content (AvgIpc) is 3.45. The van der Waals surface area contributed by atoms with Gasteiger partial charge in [0.2, 0.25) is 17.9 Å². The molecule has 0 saturated carbocycles. The Morgan fingerprint density at radius 2 is 1.78 bits per heavy atom. The van der Waals surface area contributed by atoms with Crippen molar-refractivity contribution in [2.45, 2.75) is 82.7 Å². The molecule has 54 heavy (non-hydrogen) atoms. The van der Waals surface area contributed by atoms with E-state index in [1.54, 1.807) is 52.8 Å². The van der Waals surface area contributed by atoms with Crippen LogP contribution in [0.25, 0.3) is 17.2 Å². The van der Waals surface area contributed by atoms with Crippen LogP contribution in [0.3, 0.4) is 0 Å². The van der Waals surface area contributed by atoms with E-state index in [1.807, 2.05) is 4.90 Å². The van der Waals surface area contributed by atoms with Crippen LogP contribution in [-0.4, -0.2) is 85.7 Å². The third-order valence-corrected chi connectivity index (χ3v) is 10.5. The number of allylic oxidation sites excluding steroid dienone is 1. The molecule has 5 rings (SSSR count). The highest BCUT2D eigenvalue weighted by molar-refractivity contribution is 7.90. The summed E-state index contributed by atoms with van der Waals surface area (Å²) in [6.45, 7) is 9.88. The molecule has 0 aliphatic carbocycles. The summed E-state index contributed by atoms with van der Waals surface area (Å²) in [5.74, 6) is -0.964. The number of anilines is 2. The Balaban J connectivity index is 1.43. The summed E-state index contributed by atoms with van der Waals surface area (Å²) in [5, 5.41) is 0. The van der Waals surface area contributed by atoms with Gasteiger partial charge in [0.1, 0.15) is 17.5 Å². The lowest BCUT2D eigenvalue weighted by Crippen LogP contribution is -2.45. The molecular formula is C38H46F3N5O7S. The fraction of sp³-hybridized carbons (Fsp3) is 0.474. The topological polar surface area (TPSA) is 154 Å². The minimum atomic E-state index is -4.94. The van der Waals surface area contributed by atoms with Crippen molar-refractivity contribution in [2.75, 3.05) is 43.1 Å². The number of carbonyl (C=O) groups is 2. The van der Waals surface area contributed by atoms with Crippen molar-refractivity contribution in [3.63, 3.8) is 0 Å². The minimum Gasteiger partial charge on any atom is -0.464 e. The van der Waals surface area contributed by atoms with Crippen LogP contribution in [0, 0.1) is 5.41 Å². The van der Waals surface area contributed by atoms with Gasteiger partial charge in [-0.2, -0.15) is 23.1 Å². The molecule has 2 N–H and O–H groups in total. The molecule has 3 aromatic rings. The van der Waals surface area contributed by atoms with Gasteiger partial charge in [-0.25, -0.2) is 18.0 Å². The summed E-state index contributed by atoms with van der Waals surface area (Å²) in [4.78, 5) is 37.7. The van der Waals surface area contributed by atoms with E-state index in [0.29, 0.717) is 37.9 Å². The van der Waals surface area contributed by atoms with Crippen molar-refractivity contribution in [3.05, 3.63) is 65.7 Å². The number of rotatable bonds is 9. The molecule has 3 heterocycles. The quantitative estimate of drug-likeness (QED) is 0.224. The lowest BCUT2D eigenvalue weighted by molar-refractivity contribution is -0.198. The van der Waals surface area contributed by atoms with Gasteiger partial charge in [-0.3, -0.25) is 4.90 Å². The van der Waals surface area contributed by atoms with Gasteiger partial charge in [-0.05, 0) is 94.2 Å². The summed E-state index contributed by atoms with van der Waals surface area (Å²) < 4.78 is 86.3. The van der Waals surface area contributed by atoms with E-state index >= 15 is 13.2 Å². The van der Waals surface area contributed by atoms with E-state index in [0.717, 1.165) is 6.26 Å². The van der Waals surface area contributed by atoms with Crippen LogP contribution in [0.1, 0.15) is 71.1 Å². The number of alkyl halides is 3. The maximum absolute atomic E-state index is 15.0. The molecule has 2 fully saturated rings. The highest BCUT2D eigenvalue weighted by atomic mass is 32.2. The minimum absolute atomic E-state index is 0.0453. The van der Waals surface area contributed by atoms with Crippen molar-refractivity contribution >= 4 is 39.7 Å². The molecule has 0 unspecified atom stereocenters. The summed E-state index contributed by atoms with van der Waals surface area (Å²) in [6, 6.07) is 10.7. The van der Waals surface area contributed by atoms with Crippen molar-refractivity contribution in [3.8, 4) is 17.0 Å². The molecule has 2 atom stereocenters. The second-order valence-corrected chi connectivity index (χ2v) is 16.7. The molecule has 1 spiro atoms. The second kappa shape index (κ2) is 15.5. The van der Waals surface area contributed by atoms with E-state index in [1.165, 1.54) is 47.4 Å². The number of esters is 1. The Morgan fingerprint density at radius 1 is 1.07 bits per heavy atom. The second-order valence-electron chi connectivity index (χ2n) is 14.7. The average molecular weight is 774 g/mol. The summed E-state index contributed by atoms with van der Waals surface area (Å²) in [5.41, 5.74) is 5.43. The Labute approximate surface area is 313 Å². The first kappa shape index (κ1) is 40.3. The number of amides is 1. The van der Waals surface area contributed by atoms with Crippen LogP contribution >= 0.6 is 0 Å². The van der Waals surface area contributed by atoms with Gasteiger partial charge in [-0.15, -0.1) is 0 Å². The number of nitrogen functional groups attached to an aromatic ring is 1. The zero-order valence-corrected chi connectivity index (χ0v) is 32.0. The smallest absolute Gasteiger partial charge is 0.429 e. The van der Waals surface area contributed by atoms with E-state index in [-0.39, 0.29) is 46.5 Å². The first-order valence-corrected chi connectivity index (χ1v) is 19.5. The Bertz CT molecular complexity index is 2010. The number of benzene rings is 2. The highest BCUT2D eigenvalue weighted by Crippen LogP contribution is 2.46. The number of carbonyl (C=O) groups excluding carboxylic acids is 2. The molecule has 2 saturated heterocycles. The van der Waals surface area contributed by atoms with Gasteiger partial charge in [0, 0.05) is 37.5 Å². The number of aromatic nitrogens is 2. The standard InChI is InChI=1S/C38H46F3N5O7S/c1-7-10-24-13-14-27(25-11-9-12-26(20-25)54(6,49)50)28(19-24)32(38(39,40)41)52-31-21-30(43-34(42)44-31)45-17-15-37(16-18-45)22-29(33(47)51-8-2)46(23-37)35(48)53-36(3,4)5/h7,9-14,19-21,29,32H,8,15-18,22-23H2,1-6H3,(H2,42,43,44)/t29-,32+/m0/s1. The zero-order valence-electron chi connectivity index (χ0n) is 31.1. The molecule has 1 aromatic heterocycles. The number of hydrogen-bond donors (Lipinski definition) is 1. The maximum Gasteiger partial charge on any atom is 0.429 e. The third kappa shape index (κ3) is 9.43. The van der Waals surface area contributed by atoms with Crippen LogP contribution in [0.5, 0.6) is 5.88 Å². The number of halogens is 3. The first-order chi connectivity index (χ1) is 25.2. The van der Waals surface area contributed by atoms with Crippen LogP contribution < -0.4 is 15.4 Å². The molecule has 292 valence electrons. The Morgan fingerprint density at radius 3 is 2.39 bits per heavy atom. The van der Waals surface area contributed by atoms with Gasteiger partial charge in [0.15, 0.2) is 9.84 Å². The summed E-state index contributed by atoms with van der Waals surface area (Å²) in [6.07, 6.45) is -2.29. The van der Waals surface area contributed by atoms with Gasteiger partial charge in [0.05, 0.1) is 11.5 Å². The van der Waals surface area contributed by atoms with Gasteiger partial charge >= 0.3 is 18.2 Å². The lowest BCUT2D eigenvalue weighted by atomic mass is 9.76. The van der Waals surface area contributed by atoms with E-state index in [9.17, 15) is 18.0 Å².